The monoisotopic (exact) mass is 566 g/mol. The number of ether oxygens (including phenoxy) is 1. The summed E-state index contributed by atoms with van der Waals surface area (Å²) in [6.45, 7) is 1.83. The number of fused-ring (bicyclic) bond motifs is 1. The normalized spacial score (nSPS) is 16.2. The van der Waals surface area contributed by atoms with E-state index in [0.29, 0.717) is 40.2 Å². The number of sulfone groups is 1. The first-order valence-electron chi connectivity index (χ1n) is 13.5. The van der Waals surface area contributed by atoms with Crippen LogP contribution in [0.15, 0.2) is 91.0 Å². The molecule has 3 aromatic carbocycles. The molecule has 1 N–H and O–H groups in total. The molecule has 0 bridgehead atoms. The number of nitrogens with one attached hydrogen (secondary N) is 1. The third kappa shape index (κ3) is 5.32. The summed E-state index contributed by atoms with van der Waals surface area (Å²) >= 11 is 0. The number of hydrogen-bond acceptors (Lipinski definition) is 6. The Bertz CT molecular complexity index is 1780. The number of aromatic nitrogens is 3. The quantitative estimate of drug-likeness (QED) is 0.287. The summed E-state index contributed by atoms with van der Waals surface area (Å²) in [6, 6.07) is 28.2. The SMILES string of the molecule is COc1ccc(-c2cc(C(=O)NC(c3ccccc3)c3ccccc3)c3c(C)nn(C4CCS(=O)(=O)C4)c3n2)cc1. The lowest BCUT2D eigenvalue weighted by Gasteiger charge is -2.20. The molecule has 0 spiro atoms. The van der Waals surface area contributed by atoms with Gasteiger partial charge in [0.2, 0.25) is 0 Å². The second-order valence-corrected chi connectivity index (χ2v) is 12.5. The molecular weight excluding hydrogens is 536 g/mol. The predicted octanol–water partition coefficient (Wildman–Crippen LogP) is 5.29. The van der Waals surface area contributed by atoms with Crippen LogP contribution in [0.1, 0.15) is 45.7 Å². The van der Waals surface area contributed by atoms with Crippen molar-refractivity contribution < 1.29 is 17.9 Å². The van der Waals surface area contributed by atoms with Crippen LogP contribution in [-0.4, -0.2) is 47.7 Å². The molecule has 3 heterocycles. The van der Waals surface area contributed by atoms with E-state index in [4.69, 9.17) is 14.8 Å². The van der Waals surface area contributed by atoms with Crippen molar-refractivity contribution in [2.24, 2.45) is 0 Å². The maximum absolute atomic E-state index is 14.2. The summed E-state index contributed by atoms with van der Waals surface area (Å²) in [6.07, 6.45) is 0.457. The number of hydrogen-bond donors (Lipinski definition) is 1. The first kappa shape index (κ1) is 26.7. The van der Waals surface area contributed by atoms with Crippen LogP contribution in [0.25, 0.3) is 22.3 Å². The van der Waals surface area contributed by atoms with Gasteiger partial charge in [-0.1, -0.05) is 60.7 Å². The fraction of sp³-hybridized carbons (Fsp3) is 0.219. The Balaban J connectivity index is 1.49. The molecule has 9 heteroatoms. The number of methoxy groups -OCH3 is 1. The summed E-state index contributed by atoms with van der Waals surface area (Å²) in [5, 5.41) is 8.60. The molecule has 0 saturated carbocycles. The second kappa shape index (κ2) is 10.8. The van der Waals surface area contributed by atoms with Crippen LogP contribution in [-0.2, 0) is 9.84 Å². The van der Waals surface area contributed by atoms with Crippen molar-refractivity contribution in [3.63, 3.8) is 0 Å². The number of nitrogens with zero attached hydrogens (tertiary/aromatic N) is 3. The van der Waals surface area contributed by atoms with Gasteiger partial charge in [-0.2, -0.15) is 5.10 Å². The zero-order valence-electron chi connectivity index (χ0n) is 22.8. The van der Waals surface area contributed by atoms with Gasteiger partial charge in [0.05, 0.1) is 53.0 Å². The van der Waals surface area contributed by atoms with Gasteiger partial charge in [0.1, 0.15) is 5.75 Å². The molecule has 1 unspecified atom stereocenters. The zero-order chi connectivity index (χ0) is 28.6. The number of rotatable bonds is 7. The summed E-state index contributed by atoms with van der Waals surface area (Å²) in [7, 11) is -1.55. The fourth-order valence-electron chi connectivity index (χ4n) is 5.48. The Morgan fingerprint density at radius 3 is 2.17 bits per heavy atom. The smallest absolute Gasteiger partial charge is 0.252 e. The number of aryl methyl sites for hydroxylation is 1. The maximum Gasteiger partial charge on any atom is 0.252 e. The summed E-state index contributed by atoms with van der Waals surface area (Å²) < 4.78 is 31.7. The molecule has 8 nitrogen and oxygen atoms in total. The van der Waals surface area contributed by atoms with E-state index in [1.165, 1.54) is 0 Å². The van der Waals surface area contributed by atoms with E-state index in [1.807, 2.05) is 91.9 Å². The van der Waals surface area contributed by atoms with Crippen LogP contribution in [0.2, 0.25) is 0 Å². The molecule has 0 aliphatic carbocycles. The number of benzene rings is 3. The summed E-state index contributed by atoms with van der Waals surface area (Å²) in [5.41, 5.74) is 4.85. The molecule has 41 heavy (non-hydrogen) atoms. The van der Waals surface area contributed by atoms with E-state index in [2.05, 4.69) is 5.32 Å². The number of amides is 1. The van der Waals surface area contributed by atoms with Crippen LogP contribution in [0, 0.1) is 6.92 Å². The fourth-order valence-corrected chi connectivity index (χ4v) is 7.18. The Morgan fingerprint density at radius 1 is 0.976 bits per heavy atom. The third-order valence-corrected chi connectivity index (χ3v) is 9.31. The lowest BCUT2D eigenvalue weighted by molar-refractivity contribution is 0.0944. The Kier molecular flexibility index (Phi) is 7.05. The molecule has 1 saturated heterocycles. The van der Waals surface area contributed by atoms with Gasteiger partial charge >= 0.3 is 0 Å². The van der Waals surface area contributed by atoms with Gasteiger partial charge < -0.3 is 10.1 Å². The Labute approximate surface area is 238 Å². The van der Waals surface area contributed by atoms with Gasteiger partial charge in [-0.25, -0.2) is 18.1 Å². The molecule has 1 amide bonds. The van der Waals surface area contributed by atoms with E-state index >= 15 is 0 Å². The average Bonchev–Trinajstić information content (AvgIpc) is 3.54. The van der Waals surface area contributed by atoms with Crippen molar-refractivity contribution in [3.8, 4) is 17.0 Å². The molecule has 1 atom stereocenters. The van der Waals surface area contributed by atoms with Crippen molar-refractivity contribution in [3.05, 3.63) is 113 Å². The summed E-state index contributed by atoms with van der Waals surface area (Å²) in [4.78, 5) is 19.1. The highest BCUT2D eigenvalue weighted by Gasteiger charge is 2.33. The summed E-state index contributed by atoms with van der Waals surface area (Å²) in [5.74, 6) is 0.549. The van der Waals surface area contributed by atoms with E-state index in [0.717, 1.165) is 16.7 Å². The molecule has 0 radical (unpaired) electrons. The van der Waals surface area contributed by atoms with Crippen LogP contribution in [0.3, 0.4) is 0 Å². The largest absolute Gasteiger partial charge is 0.497 e. The van der Waals surface area contributed by atoms with Gasteiger partial charge in [-0.05, 0) is 54.8 Å². The lowest BCUT2D eigenvalue weighted by Crippen LogP contribution is -2.29. The standard InChI is InChI=1S/C32H30N4O4S/c1-21-29-27(32(37)34-30(23-9-5-3-6-10-23)24-11-7-4-8-12-24)19-28(22-13-15-26(40-2)16-14-22)33-31(29)36(35-21)25-17-18-41(38,39)20-25/h3-16,19,25,30H,17-18,20H2,1-2H3,(H,34,37). The number of carbonyl (C=O) groups excluding carboxylic acids is 1. The third-order valence-electron chi connectivity index (χ3n) is 7.56. The van der Waals surface area contributed by atoms with Gasteiger partial charge in [0.25, 0.3) is 5.91 Å². The van der Waals surface area contributed by atoms with Crippen LogP contribution < -0.4 is 10.1 Å². The van der Waals surface area contributed by atoms with Gasteiger partial charge in [-0.15, -0.1) is 0 Å². The average molecular weight is 567 g/mol. The second-order valence-electron chi connectivity index (χ2n) is 10.3. The first-order chi connectivity index (χ1) is 19.8. The van der Waals surface area contributed by atoms with E-state index in [-0.39, 0.29) is 29.5 Å². The minimum absolute atomic E-state index is 0.00326. The number of carbonyl (C=O) groups is 1. The highest BCUT2D eigenvalue weighted by Crippen LogP contribution is 2.33. The van der Waals surface area contributed by atoms with Crippen LogP contribution in [0.5, 0.6) is 5.75 Å². The molecule has 1 aliphatic heterocycles. The van der Waals surface area contributed by atoms with E-state index in [1.54, 1.807) is 17.9 Å². The minimum Gasteiger partial charge on any atom is -0.497 e. The Morgan fingerprint density at radius 2 is 1.61 bits per heavy atom. The first-order valence-corrected chi connectivity index (χ1v) is 15.3. The zero-order valence-corrected chi connectivity index (χ0v) is 23.6. The molecule has 1 fully saturated rings. The maximum atomic E-state index is 14.2. The lowest BCUT2D eigenvalue weighted by atomic mass is 9.97. The highest BCUT2D eigenvalue weighted by atomic mass is 32.2. The van der Waals surface area contributed by atoms with Crippen molar-refractivity contribution in [2.45, 2.75) is 25.4 Å². The molecular formula is C32H30N4O4S. The van der Waals surface area contributed by atoms with Crippen LogP contribution in [0.4, 0.5) is 0 Å². The topological polar surface area (TPSA) is 103 Å². The molecule has 6 rings (SSSR count). The molecule has 2 aromatic heterocycles. The van der Waals surface area contributed by atoms with Crippen molar-refractivity contribution >= 4 is 26.8 Å². The predicted molar refractivity (Wildman–Crippen MR) is 159 cm³/mol. The molecule has 1 aliphatic rings. The van der Waals surface area contributed by atoms with E-state index in [9.17, 15) is 13.2 Å². The van der Waals surface area contributed by atoms with Crippen molar-refractivity contribution in [1.82, 2.24) is 20.1 Å². The van der Waals surface area contributed by atoms with Crippen LogP contribution >= 0.6 is 0 Å². The van der Waals surface area contributed by atoms with Crippen molar-refractivity contribution in [2.75, 3.05) is 18.6 Å². The van der Waals surface area contributed by atoms with Crippen molar-refractivity contribution in [1.29, 1.82) is 0 Å². The highest BCUT2D eigenvalue weighted by molar-refractivity contribution is 7.91. The number of pyridine rings is 1. The molecule has 5 aromatic rings. The van der Waals surface area contributed by atoms with E-state index < -0.39 is 9.84 Å². The Hall–Kier alpha value is -4.50. The van der Waals surface area contributed by atoms with Gasteiger partial charge in [-0.3, -0.25) is 4.79 Å². The molecule has 208 valence electrons. The minimum atomic E-state index is -3.16. The van der Waals surface area contributed by atoms with Gasteiger partial charge in [0.15, 0.2) is 15.5 Å². The van der Waals surface area contributed by atoms with Gasteiger partial charge in [0, 0.05) is 5.56 Å².